The molecule has 0 spiro atoms. The summed E-state index contributed by atoms with van der Waals surface area (Å²) in [6.45, 7) is 2.56. The van der Waals surface area contributed by atoms with E-state index in [2.05, 4.69) is 20.4 Å². The highest BCUT2D eigenvalue weighted by atomic mass is 35.5. The minimum Gasteiger partial charge on any atom is -0.352 e. The van der Waals surface area contributed by atoms with E-state index in [4.69, 9.17) is 23.2 Å². The molecule has 28 heavy (non-hydrogen) atoms. The van der Waals surface area contributed by atoms with Crippen molar-refractivity contribution in [3.63, 3.8) is 0 Å². The summed E-state index contributed by atoms with van der Waals surface area (Å²) in [6.07, 6.45) is 0. The number of piperazine rings is 1. The van der Waals surface area contributed by atoms with Crippen LogP contribution in [0.3, 0.4) is 0 Å². The van der Waals surface area contributed by atoms with Crippen molar-refractivity contribution in [1.82, 2.24) is 15.1 Å². The lowest BCUT2D eigenvalue weighted by Crippen LogP contribution is -2.50. The van der Waals surface area contributed by atoms with E-state index >= 15 is 0 Å². The Morgan fingerprint density at radius 1 is 1.04 bits per heavy atom. The maximum atomic E-state index is 12.5. The van der Waals surface area contributed by atoms with Crippen molar-refractivity contribution in [3.8, 4) is 10.6 Å². The van der Waals surface area contributed by atoms with Crippen LogP contribution in [0.1, 0.15) is 0 Å². The molecule has 1 aromatic carbocycles. The van der Waals surface area contributed by atoms with Gasteiger partial charge in [-0.3, -0.25) is 0 Å². The van der Waals surface area contributed by atoms with E-state index < -0.39 is 0 Å². The maximum absolute atomic E-state index is 12.5. The molecule has 0 bridgehead atoms. The smallest absolute Gasteiger partial charge is 0.322 e. The van der Waals surface area contributed by atoms with Crippen LogP contribution in [0.4, 0.5) is 16.3 Å². The van der Waals surface area contributed by atoms with E-state index in [-0.39, 0.29) is 6.03 Å². The zero-order valence-electron chi connectivity index (χ0n) is 14.8. The first kappa shape index (κ1) is 19.0. The normalized spacial score (nSPS) is 14.2. The number of nitrogens with one attached hydrogen (secondary N) is 1. The molecule has 3 heterocycles. The lowest BCUT2D eigenvalue weighted by molar-refractivity contribution is 0.208. The van der Waals surface area contributed by atoms with Gasteiger partial charge < -0.3 is 15.1 Å². The Kier molecular flexibility index (Phi) is 5.66. The molecule has 3 aromatic rings. The fraction of sp³-hybridized carbons (Fsp3) is 0.211. The summed E-state index contributed by atoms with van der Waals surface area (Å²) in [5.41, 5.74) is 1.42. The molecule has 0 saturated carbocycles. The van der Waals surface area contributed by atoms with Crippen molar-refractivity contribution in [3.05, 3.63) is 57.9 Å². The molecule has 9 heteroatoms. The predicted octanol–water partition coefficient (Wildman–Crippen LogP) is 4.87. The molecule has 4 rings (SSSR count). The van der Waals surface area contributed by atoms with Crippen molar-refractivity contribution in [2.45, 2.75) is 0 Å². The number of aromatic nitrogens is 2. The standard InChI is InChI=1S/C19H17Cl2N5OS/c20-13-3-4-15(14(21)12-13)22-19(27)26-9-7-25(8-10-26)18-6-5-16(23-24-18)17-2-1-11-28-17/h1-6,11-12H,7-10H2,(H,22,27). The first-order chi connectivity index (χ1) is 13.6. The van der Waals surface area contributed by atoms with E-state index in [1.807, 2.05) is 29.6 Å². The first-order valence-electron chi connectivity index (χ1n) is 8.74. The lowest BCUT2D eigenvalue weighted by Gasteiger charge is -2.35. The topological polar surface area (TPSA) is 61.4 Å². The van der Waals surface area contributed by atoms with Gasteiger partial charge in [0.15, 0.2) is 5.82 Å². The molecule has 0 unspecified atom stereocenters. The first-order valence-corrected chi connectivity index (χ1v) is 10.4. The Morgan fingerprint density at radius 2 is 1.86 bits per heavy atom. The summed E-state index contributed by atoms with van der Waals surface area (Å²) in [6, 6.07) is 12.8. The van der Waals surface area contributed by atoms with Gasteiger partial charge in [0.2, 0.25) is 0 Å². The Morgan fingerprint density at radius 3 is 2.50 bits per heavy atom. The molecule has 144 valence electrons. The van der Waals surface area contributed by atoms with Crippen LogP contribution in [0.5, 0.6) is 0 Å². The zero-order chi connectivity index (χ0) is 19.5. The lowest BCUT2D eigenvalue weighted by atomic mass is 10.3. The van der Waals surface area contributed by atoms with E-state index in [0.717, 1.165) is 16.4 Å². The van der Waals surface area contributed by atoms with Gasteiger partial charge >= 0.3 is 6.03 Å². The molecule has 2 amide bonds. The molecule has 1 aliphatic rings. The number of rotatable bonds is 3. The van der Waals surface area contributed by atoms with E-state index in [1.165, 1.54) is 0 Å². The Hall–Kier alpha value is -2.35. The van der Waals surface area contributed by atoms with E-state index in [9.17, 15) is 4.79 Å². The second-order valence-electron chi connectivity index (χ2n) is 6.28. The number of amides is 2. The average Bonchev–Trinajstić information content (AvgIpc) is 3.25. The summed E-state index contributed by atoms with van der Waals surface area (Å²) < 4.78 is 0. The van der Waals surface area contributed by atoms with Gasteiger partial charge in [0, 0.05) is 31.2 Å². The third-order valence-electron chi connectivity index (χ3n) is 4.49. The number of halogens is 2. The van der Waals surface area contributed by atoms with Crippen molar-refractivity contribution < 1.29 is 4.79 Å². The summed E-state index contributed by atoms with van der Waals surface area (Å²) >= 11 is 13.7. The van der Waals surface area contributed by atoms with Crippen LogP contribution in [-0.4, -0.2) is 47.3 Å². The van der Waals surface area contributed by atoms with Gasteiger partial charge in [0.1, 0.15) is 5.69 Å². The van der Waals surface area contributed by atoms with Crippen LogP contribution < -0.4 is 10.2 Å². The molecule has 0 radical (unpaired) electrons. The van der Waals surface area contributed by atoms with Crippen molar-refractivity contribution in [1.29, 1.82) is 0 Å². The van der Waals surface area contributed by atoms with E-state index in [1.54, 1.807) is 34.4 Å². The highest BCUT2D eigenvalue weighted by Gasteiger charge is 2.22. The molecule has 6 nitrogen and oxygen atoms in total. The van der Waals surface area contributed by atoms with Crippen molar-refractivity contribution >= 4 is 52.1 Å². The van der Waals surface area contributed by atoms with Crippen LogP contribution in [0.25, 0.3) is 10.6 Å². The quantitative estimate of drug-likeness (QED) is 0.639. The fourth-order valence-electron chi connectivity index (χ4n) is 2.97. The van der Waals surface area contributed by atoms with Crippen LogP contribution in [-0.2, 0) is 0 Å². The summed E-state index contributed by atoms with van der Waals surface area (Å²) in [5.74, 6) is 0.820. The van der Waals surface area contributed by atoms with Crippen molar-refractivity contribution in [2.24, 2.45) is 0 Å². The summed E-state index contributed by atoms with van der Waals surface area (Å²) in [7, 11) is 0. The summed E-state index contributed by atoms with van der Waals surface area (Å²) in [5, 5.41) is 14.5. The molecule has 2 aromatic heterocycles. The Balaban J connectivity index is 1.34. The Bertz CT molecular complexity index is 957. The SMILES string of the molecule is O=C(Nc1ccc(Cl)cc1Cl)N1CCN(c2ccc(-c3cccs3)nn2)CC1. The number of hydrogen-bond acceptors (Lipinski definition) is 5. The number of carbonyl (C=O) groups excluding carboxylic acids is 1. The van der Waals surface area contributed by atoms with Gasteiger partial charge in [-0.1, -0.05) is 29.3 Å². The molecule has 0 aliphatic carbocycles. The highest BCUT2D eigenvalue weighted by molar-refractivity contribution is 7.13. The average molecular weight is 434 g/mol. The van der Waals surface area contributed by atoms with Gasteiger partial charge in [-0.2, -0.15) is 0 Å². The number of urea groups is 1. The molecular formula is C19H17Cl2N5OS. The third-order valence-corrected chi connectivity index (χ3v) is 5.93. The predicted molar refractivity (Wildman–Crippen MR) is 115 cm³/mol. The monoisotopic (exact) mass is 433 g/mol. The second-order valence-corrected chi connectivity index (χ2v) is 8.07. The van der Waals surface area contributed by atoms with Crippen LogP contribution >= 0.6 is 34.5 Å². The van der Waals surface area contributed by atoms with E-state index in [0.29, 0.717) is 41.9 Å². The van der Waals surface area contributed by atoms with Crippen molar-refractivity contribution in [2.75, 3.05) is 36.4 Å². The van der Waals surface area contributed by atoms with Crippen LogP contribution in [0.15, 0.2) is 47.8 Å². The molecule has 1 aliphatic heterocycles. The van der Waals surface area contributed by atoms with Gasteiger partial charge in [-0.25, -0.2) is 4.79 Å². The number of hydrogen-bond donors (Lipinski definition) is 1. The second kappa shape index (κ2) is 8.34. The highest BCUT2D eigenvalue weighted by Crippen LogP contribution is 2.26. The number of benzene rings is 1. The number of nitrogens with zero attached hydrogens (tertiary/aromatic N) is 4. The molecule has 1 saturated heterocycles. The Labute approximate surface area is 176 Å². The number of thiophene rings is 1. The van der Waals surface area contributed by atoms with Crippen LogP contribution in [0, 0.1) is 0 Å². The number of anilines is 2. The maximum Gasteiger partial charge on any atom is 0.322 e. The molecule has 1 fully saturated rings. The minimum atomic E-state index is -0.178. The summed E-state index contributed by atoms with van der Waals surface area (Å²) in [4.78, 5) is 17.5. The van der Waals surface area contributed by atoms with Gasteiger partial charge in [-0.15, -0.1) is 21.5 Å². The van der Waals surface area contributed by atoms with Gasteiger partial charge in [-0.05, 0) is 41.8 Å². The third kappa shape index (κ3) is 4.22. The molecule has 1 N–H and O–H groups in total. The largest absolute Gasteiger partial charge is 0.352 e. The van der Waals surface area contributed by atoms with Crippen LogP contribution in [0.2, 0.25) is 10.0 Å². The van der Waals surface area contributed by atoms with Gasteiger partial charge in [0.25, 0.3) is 0 Å². The minimum absolute atomic E-state index is 0.178. The molecular weight excluding hydrogens is 417 g/mol. The number of carbonyl (C=O) groups is 1. The molecule has 0 atom stereocenters. The zero-order valence-corrected chi connectivity index (χ0v) is 17.1. The fourth-order valence-corrected chi connectivity index (χ4v) is 4.12. The van der Waals surface area contributed by atoms with Gasteiger partial charge in [0.05, 0.1) is 15.6 Å².